The van der Waals surface area contributed by atoms with Crippen molar-refractivity contribution in [2.45, 2.75) is 31.0 Å². The zero-order valence-corrected chi connectivity index (χ0v) is 19.3. The number of nitrogens with zero attached hydrogens (tertiary/aromatic N) is 5. The van der Waals surface area contributed by atoms with Crippen molar-refractivity contribution >= 4 is 28.4 Å². The van der Waals surface area contributed by atoms with Gasteiger partial charge in [0.25, 0.3) is 5.91 Å². The number of aliphatic hydroxyl groups is 1. The first-order valence-corrected chi connectivity index (χ1v) is 11.8. The number of amides is 1. The number of nitrogens with one attached hydrogen (secondary N) is 2. The number of hydrogen-bond acceptors (Lipinski definition) is 8. The number of aromatic nitrogens is 5. The van der Waals surface area contributed by atoms with E-state index in [1.165, 1.54) is 6.20 Å². The molecule has 1 unspecified atom stereocenters. The van der Waals surface area contributed by atoms with Crippen molar-refractivity contribution in [1.82, 2.24) is 29.5 Å². The van der Waals surface area contributed by atoms with E-state index in [4.69, 9.17) is 14.5 Å². The lowest BCUT2D eigenvalue weighted by molar-refractivity contribution is 0.0605. The van der Waals surface area contributed by atoms with Gasteiger partial charge in [-0.05, 0) is 25.0 Å². The van der Waals surface area contributed by atoms with Crippen molar-refractivity contribution in [3.8, 4) is 11.3 Å². The number of carbonyl (C=O) groups is 1. The van der Waals surface area contributed by atoms with Gasteiger partial charge < -0.3 is 29.8 Å². The van der Waals surface area contributed by atoms with Gasteiger partial charge in [0.05, 0.1) is 49.9 Å². The van der Waals surface area contributed by atoms with Crippen LogP contribution >= 0.6 is 0 Å². The van der Waals surface area contributed by atoms with Crippen molar-refractivity contribution in [3.05, 3.63) is 42.4 Å². The topological polar surface area (TPSA) is 128 Å². The predicted molar refractivity (Wildman–Crippen MR) is 128 cm³/mol. The van der Waals surface area contributed by atoms with E-state index < -0.39 is 12.1 Å². The molecule has 6 heterocycles. The van der Waals surface area contributed by atoms with E-state index in [0.29, 0.717) is 29.3 Å². The summed E-state index contributed by atoms with van der Waals surface area (Å²) in [6.07, 6.45) is 6.67. The average molecular weight is 478 g/mol. The summed E-state index contributed by atoms with van der Waals surface area (Å²) in [7, 11) is 1.80. The fraction of sp³-hybridized carbons (Fsp3) is 0.417. The predicted octanol–water partition coefficient (Wildman–Crippen LogP) is 1.63. The normalized spacial score (nSPS) is 22.6. The fourth-order valence-corrected chi connectivity index (χ4v) is 4.87. The number of rotatable bonds is 5. The Labute approximate surface area is 201 Å². The lowest BCUT2D eigenvalue weighted by Gasteiger charge is -2.24. The van der Waals surface area contributed by atoms with Gasteiger partial charge in [-0.2, -0.15) is 9.61 Å². The molecule has 2 fully saturated rings. The number of hydrogen-bond donors (Lipinski definition) is 3. The number of pyridine rings is 1. The summed E-state index contributed by atoms with van der Waals surface area (Å²) in [5.74, 6) is 0.337. The first-order valence-electron chi connectivity index (χ1n) is 11.8. The van der Waals surface area contributed by atoms with E-state index in [1.807, 2.05) is 18.2 Å². The van der Waals surface area contributed by atoms with Gasteiger partial charge in [0, 0.05) is 43.1 Å². The van der Waals surface area contributed by atoms with Crippen LogP contribution in [0.2, 0.25) is 0 Å². The van der Waals surface area contributed by atoms with Crippen LogP contribution in [0.15, 0.2) is 36.8 Å². The van der Waals surface area contributed by atoms with Crippen LogP contribution in [-0.2, 0) is 9.47 Å². The summed E-state index contributed by atoms with van der Waals surface area (Å²) in [5, 5.41) is 21.4. The minimum atomic E-state index is -0.737. The van der Waals surface area contributed by atoms with Crippen LogP contribution in [0.5, 0.6) is 0 Å². The maximum absolute atomic E-state index is 13.1. The molecule has 4 aromatic rings. The molecule has 11 nitrogen and oxygen atoms in total. The molecule has 0 spiro atoms. The van der Waals surface area contributed by atoms with E-state index in [1.54, 1.807) is 17.8 Å². The highest BCUT2D eigenvalue weighted by Crippen LogP contribution is 2.34. The van der Waals surface area contributed by atoms with E-state index in [-0.39, 0.29) is 25.2 Å². The summed E-state index contributed by atoms with van der Waals surface area (Å²) < 4.78 is 14.8. The monoisotopic (exact) mass is 477 g/mol. The summed E-state index contributed by atoms with van der Waals surface area (Å²) in [5.41, 5.74) is 3.25. The Morgan fingerprint density at radius 2 is 2.14 bits per heavy atom. The molecule has 3 atom stereocenters. The molecule has 182 valence electrons. The second kappa shape index (κ2) is 8.91. The minimum absolute atomic E-state index is 0.205. The van der Waals surface area contributed by atoms with Crippen LogP contribution in [0, 0.1) is 0 Å². The zero-order chi connectivity index (χ0) is 23.9. The molecule has 0 aromatic carbocycles. The standard InChI is InChI=1S/C24H27N7O4/c1-25-21-8-18(17-10-30(14-4-3-7-34-11-14)22-15(17)5-2-6-26-22)28-23-16(9-27-31(21)23)24(33)29-19-12-35-13-20(19)32/h2,5-6,8-10,14,19-20,25,32H,3-4,7,11-13H2,1H3,(H,29,33)/t14-,19+,20?/m1/s1. The Bertz CT molecular complexity index is 1390. The molecule has 11 heteroatoms. The highest BCUT2D eigenvalue weighted by Gasteiger charge is 2.29. The molecule has 2 aliphatic heterocycles. The third-order valence-corrected chi connectivity index (χ3v) is 6.73. The molecule has 0 radical (unpaired) electrons. The molecule has 1 amide bonds. The van der Waals surface area contributed by atoms with Crippen LogP contribution in [0.4, 0.5) is 5.82 Å². The largest absolute Gasteiger partial charge is 0.388 e. The third-order valence-electron chi connectivity index (χ3n) is 6.73. The smallest absolute Gasteiger partial charge is 0.257 e. The summed E-state index contributed by atoms with van der Waals surface area (Å²) in [6.45, 7) is 1.91. The Hall–Kier alpha value is -3.54. The minimum Gasteiger partial charge on any atom is -0.388 e. The van der Waals surface area contributed by atoms with E-state index in [2.05, 4.69) is 31.5 Å². The van der Waals surface area contributed by atoms with Gasteiger partial charge in [0.1, 0.15) is 17.0 Å². The molecule has 0 aliphatic carbocycles. The third kappa shape index (κ3) is 3.81. The molecule has 35 heavy (non-hydrogen) atoms. The van der Waals surface area contributed by atoms with Crippen molar-refractivity contribution in [1.29, 1.82) is 0 Å². The average Bonchev–Trinajstić information content (AvgIpc) is 3.61. The number of anilines is 1. The second-order valence-corrected chi connectivity index (χ2v) is 8.95. The molecule has 3 N–H and O–H groups in total. The van der Waals surface area contributed by atoms with Crippen molar-refractivity contribution in [2.24, 2.45) is 0 Å². The van der Waals surface area contributed by atoms with Gasteiger partial charge in [-0.1, -0.05) is 0 Å². The van der Waals surface area contributed by atoms with Crippen molar-refractivity contribution in [2.75, 3.05) is 38.8 Å². The molecule has 0 saturated carbocycles. The van der Waals surface area contributed by atoms with Crippen LogP contribution in [0.3, 0.4) is 0 Å². The molecule has 0 bridgehead atoms. The van der Waals surface area contributed by atoms with E-state index in [0.717, 1.165) is 36.0 Å². The molecule has 6 rings (SSSR count). The van der Waals surface area contributed by atoms with Crippen LogP contribution < -0.4 is 10.6 Å². The van der Waals surface area contributed by atoms with Crippen molar-refractivity contribution in [3.63, 3.8) is 0 Å². The first-order chi connectivity index (χ1) is 17.1. The van der Waals surface area contributed by atoms with E-state index in [9.17, 15) is 9.90 Å². The SMILES string of the molecule is CNc1cc(-c2cn([C@@H]3CCCOC3)c3ncccc23)nc2c(C(=O)N[C@H]3COCC3O)cnn12. The number of carbonyl (C=O) groups excluding carboxylic acids is 1. The van der Waals surface area contributed by atoms with Gasteiger partial charge in [0.2, 0.25) is 0 Å². The summed E-state index contributed by atoms with van der Waals surface area (Å²) in [4.78, 5) is 22.6. The maximum atomic E-state index is 13.1. The van der Waals surface area contributed by atoms with Crippen LogP contribution in [0.1, 0.15) is 29.2 Å². The number of aliphatic hydroxyl groups excluding tert-OH is 1. The lowest BCUT2D eigenvalue weighted by atomic mass is 10.1. The molecular formula is C24H27N7O4. The highest BCUT2D eigenvalue weighted by atomic mass is 16.5. The molecular weight excluding hydrogens is 450 g/mol. The van der Waals surface area contributed by atoms with Gasteiger partial charge in [-0.15, -0.1) is 0 Å². The maximum Gasteiger partial charge on any atom is 0.257 e. The Kier molecular flexibility index (Phi) is 5.59. The quantitative estimate of drug-likeness (QED) is 0.396. The number of ether oxygens (including phenoxy) is 2. The fourth-order valence-electron chi connectivity index (χ4n) is 4.87. The zero-order valence-electron chi connectivity index (χ0n) is 19.3. The highest BCUT2D eigenvalue weighted by molar-refractivity contribution is 6.01. The first kappa shape index (κ1) is 22.0. The van der Waals surface area contributed by atoms with Crippen molar-refractivity contribution < 1.29 is 19.4 Å². The van der Waals surface area contributed by atoms with Gasteiger partial charge in [-0.3, -0.25) is 4.79 Å². The van der Waals surface area contributed by atoms with Gasteiger partial charge in [0.15, 0.2) is 5.65 Å². The molecule has 4 aromatic heterocycles. The van der Waals surface area contributed by atoms with E-state index >= 15 is 0 Å². The van der Waals surface area contributed by atoms with Gasteiger partial charge in [-0.25, -0.2) is 9.97 Å². The lowest BCUT2D eigenvalue weighted by Crippen LogP contribution is -2.42. The van der Waals surface area contributed by atoms with Crippen LogP contribution in [-0.4, -0.2) is 80.8 Å². The number of fused-ring (bicyclic) bond motifs is 2. The Morgan fingerprint density at radius 3 is 2.91 bits per heavy atom. The summed E-state index contributed by atoms with van der Waals surface area (Å²) in [6, 6.07) is 5.61. The van der Waals surface area contributed by atoms with Crippen LogP contribution in [0.25, 0.3) is 27.9 Å². The second-order valence-electron chi connectivity index (χ2n) is 8.95. The Morgan fingerprint density at radius 1 is 1.23 bits per heavy atom. The summed E-state index contributed by atoms with van der Waals surface area (Å²) >= 11 is 0. The van der Waals surface area contributed by atoms with Gasteiger partial charge >= 0.3 is 0 Å². The molecule has 2 saturated heterocycles. The Balaban J connectivity index is 1.45. The molecule has 2 aliphatic rings.